The van der Waals surface area contributed by atoms with Gasteiger partial charge in [0.05, 0.1) is 27.3 Å². The van der Waals surface area contributed by atoms with Gasteiger partial charge in [0.15, 0.2) is 11.6 Å². The Kier molecular flexibility index (Phi) is 15.6. The summed E-state index contributed by atoms with van der Waals surface area (Å²) in [5.41, 5.74) is 3.09. The summed E-state index contributed by atoms with van der Waals surface area (Å²) in [4.78, 5) is 32.9. The van der Waals surface area contributed by atoms with Crippen LogP contribution in [0, 0.1) is 18.8 Å². The van der Waals surface area contributed by atoms with Crippen LogP contribution in [0.1, 0.15) is 72.0 Å². The number of thiazole rings is 1. The molecule has 2 unspecified atom stereocenters. The van der Waals surface area contributed by atoms with Gasteiger partial charge in [0.2, 0.25) is 0 Å². The lowest BCUT2D eigenvalue weighted by molar-refractivity contribution is -0.126. The van der Waals surface area contributed by atoms with E-state index >= 15 is 0 Å². The number of Topliss-reactive ketones (excluding diaryl/α,β-unsaturated/α-hetero) is 2. The maximum Gasteiger partial charge on any atom is 0.156 e. The first-order chi connectivity index (χ1) is 16.8. The Morgan fingerprint density at radius 2 is 1.47 bits per heavy atom. The second-order valence-electron chi connectivity index (χ2n) is 9.60. The number of carbonyl (C=O) groups is 2. The molecule has 0 N–H and O–H groups in total. The Morgan fingerprint density at radius 1 is 0.917 bits per heavy atom. The van der Waals surface area contributed by atoms with Crippen LogP contribution in [0.3, 0.4) is 0 Å². The van der Waals surface area contributed by atoms with E-state index in [0.29, 0.717) is 0 Å². The number of likely N-dealkylation sites (N-methyl/N-ethyl adjacent to an activating group) is 2. The second-order valence-corrected chi connectivity index (χ2v) is 10.8. The molecule has 0 spiro atoms. The van der Waals surface area contributed by atoms with Crippen molar-refractivity contribution in [1.82, 2.24) is 14.8 Å². The Bertz CT molecular complexity index is 1020. The van der Waals surface area contributed by atoms with Gasteiger partial charge in [-0.05, 0) is 72.2 Å². The van der Waals surface area contributed by atoms with E-state index in [9.17, 15) is 9.59 Å². The van der Waals surface area contributed by atoms with Crippen molar-refractivity contribution in [3.63, 3.8) is 0 Å². The summed E-state index contributed by atoms with van der Waals surface area (Å²) < 4.78 is 1.18. The molecule has 6 heteroatoms. The summed E-state index contributed by atoms with van der Waals surface area (Å²) >= 11 is 1.69. The third kappa shape index (κ3) is 9.72. The lowest BCUT2D eigenvalue weighted by Gasteiger charge is -2.25. The minimum Gasteiger partial charge on any atom is -0.297 e. The van der Waals surface area contributed by atoms with Crippen LogP contribution >= 0.6 is 11.3 Å². The van der Waals surface area contributed by atoms with Gasteiger partial charge in [0.1, 0.15) is 0 Å². The number of benzene rings is 1. The molecule has 0 radical (unpaired) electrons. The van der Waals surface area contributed by atoms with E-state index in [1.54, 1.807) is 11.3 Å². The Labute approximate surface area is 224 Å². The highest BCUT2D eigenvalue weighted by Gasteiger charge is 2.26. The predicted octanol–water partition coefficient (Wildman–Crippen LogP) is 7.12. The Balaban J connectivity index is 0.000000655. The van der Waals surface area contributed by atoms with Crippen molar-refractivity contribution >= 4 is 33.1 Å². The topological polar surface area (TPSA) is 53.5 Å². The number of hydrogen-bond acceptors (Lipinski definition) is 6. The maximum atomic E-state index is 12.4. The predicted molar refractivity (Wildman–Crippen MR) is 158 cm³/mol. The molecule has 0 aliphatic heterocycles. The van der Waals surface area contributed by atoms with Gasteiger partial charge in [-0.15, -0.1) is 11.3 Å². The molecule has 0 saturated heterocycles. The van der Waals surface area contributed by atoms with Crippen LogP contribution in [0.2, 0.25) is 0 Å². The van der Waals surface area contributed by atoms with Crippen molar-refractivity contribution in [1.29, 1.82) is 0 Å². The van der Waals surface area contributed by atoms with E-state index < -0.39 is 0 Å². The van der Waals surface area contributed by atoms with Gasteiger partial charge in [-0.1, -0.05) is 65.8 Å². The molecular formula is C30H49N3O2S. The molecule has 0 bridgehead atoms. The summed E-state index contributed by atoms with van der Waals surface area (Å²) in [5, 5.41) is 1.06. The molecule has 0 amide bonds. The minimum absolute atomic E-state index is 0.0280. The van der Waals surface area contributed by atoms with Gasteiger partial charge in [-0.25, -0.2) is 4.98 Å². The van der Waals surface area contributed by atoms with Crippen molar-refractivity contribution in [2.75, 3.05) is 28.2 Å². The van der Waals surface area contributed by atoms with Crippen LogP contribution < -0.4 is 0 Å². The average molecular weight is 516 g/mol. The number of rotatable bonds is 9. The van der Waals surface area contributed by atoms with Crippen LogP contribution in [-0.2, 0) is 9.59 Å². The van der Waals surface area contributed by atoms with E-state index in [0.717, 1.165) is 21.7 Å². The molecular weight excluding hydrogens is 466 g/mol. The Morgan fingerprint density at radius 3 is 1.89 bits per heavy atom. The third-order valence-electron chi connectivity index (χ3n) is 5.55. The fourth-order valence-corrected chi connectivity index (χ4v) is 4.64. The number of fused-ring (bicyclic) bond motifs is 1. The molecule has 2 rings (SSSR count). The smallest absolute Gasteiger partial charge is 0.156 e. The van der Waals surface area contributed by atoms with Gasteiger partial charge in [0.25, 0.3) is 0 Å². The van der Waals surface area contributed by atoms with Crippen LogP contribution in [0.25, 0.3) is 10.2 Å². The lowest BCUT2D eigenvalue weighted by Crippen LogP contribution is -2.39. The van der Waals surface area contributed by atoms with Crippen molar-refractivity contribution in [3.05, 3.63) is 52.6 Å². The molecule has 0 saturated carbocycles. The highest BCUT2D eigenvalue weighted by atomic mass is 32.1. The fraction of sp³-hybridized carbons (Fsp3) is 0.567. The van der Waals surface area contributed by atoms with Gasteiger partial charge in [-0.2, -0.15) is 0 Å². The van der Waals surface area contributed by atoms with E-state index in [1.807, 2.05) is 131 Å². The third-order valence-corrected chi connectivity index (χ3v) is 6.50. The summed E-state index contributed by atoms with van der Waals surface area (Å²) in [6.07, 6.45) is 5.98. The van der Waals surface area contributed by atoms with Crippen molar-refractivity contribution in [2.45, 2.75) is 74.4 Å². The summed E-state index contributed by atoms with van der Waals surface area (Å²) in [6, 6.07) is 5.85. The first-order valence-corrected chi connectivity index (χ1v) is 13.7. The molecule has 0 fully saturated rings. The first-order valence-electron chi connectivity index (χ1n) is 12.9. The molecule has 0 aliphatic rings. The molecule has 1 aromatic carbocycles. The van der Waals surface area contributed by atoms with E-state index in [-0.39, 0.29) is 35.5 Å². The minimum atomic E-state index is -0.189. The van der Waals surface area contributed by atoms with E-state index in [4.69, 9.17) is 0 Å². The van der Waals surface area contributed by atoms with Crippen molar-refractivity contribution in [3.8, 4) is 0 Å². The van der Waals surface area contributed by atoms with Gasteiger partial charge in [-0.3, -0.25) is 19.4 Å². The van der Waals surface area contributed by atoms with Crippen LogP contribution in [0.4, 0.5) is 0 Å². The molecule has 2 atom stereocenters. The van der Waals surface area contributed by atoms with E-state index in [1.165, 1.54) is 4.70 Å². The maximum absolute atomic E-state index is 12.4. The normalized spacial score (nSPS) is 13.6. The number of allylic oxidation sites excluding steroid dienone is 2. The van der Waals surface area contributed by atoms with Gasteiger partial charge >= 0.3 is 0 Å². The zero-order chi connectivity index (χ0) is 28.2. The molecule has 202 valence electrons. The summed E-state index contributed by atoms with van der Waals surface area (Å²) in [5.74, 6) is 0.611. The van der Waals surface area contributed by atoms with Crippen LogP contribution in [0.5, 0.6) is 0 Å². The second kappa shape index (κ2) is 16.6. The van der Waals surface area contributed by atoms with Crippen LogP contribution in [-0.4, -0.2) is 60.6 Å². The number of nitrogens with zero attached hydrogens (tertiary/aromatic N) is 3. The summed E-state index contributed by atoms with van der Waals surface area (Å²) in [7, 11) is 7.78. The largest absolute Gasteiger partial charge is 0.297 e. The fourth-order valence-electron chi connectivity index (χ4n) is 3.83. The molecule has 1 aromatic heterocycles. The van der Waals surface area contributed by atoms with Crippen molar-refractivity contribution in [2.24, 2.45) is 11.8 Å². The number of carbonyl (C=O) groups excluding carboxylic acids is 2. The molecule has 1 heterocycles. The van der Waals surface area contributed by atoms with Crippen molar-refractivity contribution < 1.29 is 9.59 Å². The molecule has 0 aliphatic carbocycles. The zero-order valence-corrected chi connectivity index (χ0v) is 25.7. The Hall–Kier alpha value is -2.15. The first kappa shape index (κ1) is 33.8. The highest BCUT2D eigenvalue weighted by molar-refractivity contribution is 7.18. The molecule has 36 heavy (non-hydrogen) atoms. The van der Waals surface area contributed by atoms with Crippen LogP contribution in [0.15, 0.2) is 42.0 Å². The van der Waals surface area contributed by atoms with Gasteiger partial charge < -0.3 is 0 Å². The van der Waals surface area contributed by atoms with E-state index in [2.05, 4.69) is 11.1 Å². The van der Waals surface area contributed by atoms with Gasteiger partial charge in [0, 0.05) is 11.8 Å². The lowest BCUT2D eigenvalue weighted by atomic mass is 9.94. The number of aryl methyl sites for hydroxylation is 1. The highest BCUT2D eigenvalue weighted by Crippen LogP contribution is 2.28. The molecule has 2 aromatic rings. The molecule has 5 nitrogen and oxygen atoms in total. The number of hydrogen-bond donors (Lipinski definition) is 0. The quantitative estimate of drug-likeness (QED) is 0.333. The average Bonchev–Trinajstić information content (AvgIpc) is 3.19. The summed E-state index contributed by atoms with van der Waals surface area (Å²) in [6.45, 7) is 17.7. The number of ketones is 2. The number of aromatic nitrogens is 1. The monoisotopic (exact) mass is 515 g/mol. The SMILES string of the molecule is C/C=C\C(=C/C)C(C(=O)C(C)C)N(C)C.CC.Cc1nc2cc(C(C(=O)C(C)C)N(C)C)ccc2s1. The zero-order valence-electron chi connectivity index (χ0n) is 24.8. The standard InChI is InChI=1S/C15H20N2OS.C13H23NO.C2H6/c1-9(2)15(18)14(17(4)5)11-6-7-13-12(8-11)16-10(3)19-13;1-7-9-11(8-2)12(14(5)6)13(15)10(3)4;1-2/h6-9,14H,1-5H3;7-10,12H,1-6H3;1-2H3/b;9-7-,11-8+;.